The van der Waals surface area contributed by atoms with Crippen LogP contribution in [-0.2, 0) is 17.6 Å². The first kappa shape index (κ1) is 13.0. The minimum atomic E-state index is 0.128. The first-order valence-corrected chi connectivity index (χ1v) is 8.38. The van der Waals surface area contributed by atoms with Gasteiger partial charge in [0.15, 0.2) is 0 Å². The molecule has 4 heteroatoms. The zero-order valence-corrected chi connectivity index (χ0v) is 12.9. The third-order valence-electron chi connectivity index (χ3n) is 4.63. The van der Waals surface area contributed by atoms with Crippen LogP contribution in [-0.4, -0.2) is 10.9 Å². The number of amides is 1. The molecule has 21 heavy (non-hydrogen) atoms. The van der Waals surface area contributed by atoms with Crippen molar-refractivity contribution in [2.45, 2.75) is 38.5 Å². The van der Waals surface area contributed by atoms with Crippen LogP contribution in [0.15, 0.2) is 24.5 Å². The number of hydrogen-bond acceptors (Lipinski definition) is 3. The molecule has 1 amide bonds. The molecule has 108 valence electrons. The molecule has 0 saturated carbocycles. The van der Waals surface area contributed by atoms with E-state index in [2.05, 4.69) is 23.3 Å². The van der Waals surface area contributed by atoms with Gasteiger partial charge in [0.2, 0.25) is 5.91 Å². The predicted octanol–water partition coefficient (Wildman–Crippen LogP) is 3.74. The van der Waals surface area contributed by atoms with Crippen LogP contribution in [0.1, 0.15) is 47.3 Å². The zero-order valence-electron chi connectivity index (χ0n) is 12.1. The second-order valence-corrected chi connectivity index (χ2v) is 7.29. The van der Waals surface area contributed by atoms with Crippen molar-refractivity contribution in [1.29, 1.82) is 0 Å². The van der Waals surface area contributed by atoms with Crippen LogP contribution in [0, 0.1) is 5.92 Å². The summed E-state index contributed by atoms with van der Waals surface area (Å²) in [6.45, 7) is 2.32. The van der Waals surface area contributed by atoms with Crippen LogP contribution >= 0.6 is 11.3 Å². The Kier molecular flexibility index (Phi) is 3.07. The molecule has 0 unspecified atom stereocenters. The molecule has 0 radical (unpaired) electrons. The molecule has 3 heterocycles. The lowest BCUT2D eigenvalue weighted by Crippen LogP contribution is -2.23. The lowest BCUT2D eigenvalue weighted by atomic mass is 9.80. The highest BCUT2D eigenvalue weighted by molar-refractivity contribution is 7.16. The van der Waals surface area contributed by atoms with E-state index in [1.165, 1.54) is 22.4 Å². The van der Waals surface area contributed by atoms with Crippen LogP contribution in [0.25, 0.3) is 0 Å². The van der Waals surface area contributed by atoms with E-state index in [9.17, 15) is 4.79 Å². The monoisotopic (exact) mass is 298 g/mol. The van der Waals surface area contributed by atoms with Crippen LogP contribution in [0.5, 0.6) is 0 Å². The molecule has 3 nitrogen and oxygen atoms in total. The van der Waals surface area contributed by atoms with Gasteiger partial charge in [0, 0.05) is 29.6 Å². The van der Waals surface area contributed by atoms with Gasteiger partial charge in [-0.2, -0.15) is 0 Å². The number of aromatic nitrogens is 1. The number of hydrogen-bond donors (Lipinski definition) is 1. The van der Waals surface area contributed by atoms with Gasteiger partial charge >= 0.3 is 0 Å². The molecule has 0 bridgehead atoms. The van der Waals surface area contributed by atoms with Crippen molar-refractivity contribution in [3.8, 4) is 0 Å². The molecular weight excluding hydrogens is 280 g/mol. The van der Waals surface area contributed by atoms with Crippen molar-refractivity contribution < 1.29 is 4.79 Å². The number of carbonyl (C=O) groups is 1. The average Bonchev–Trinajstić information content (AvgIpc) is 2.84. The molecule has 0 saturated heterocycles. The zero-order chi connectivity index (χ0) is 14.4. The van der Waals surface area contributed by atoms with E-state index in [1.54, 1.807) is 17.5 Å². The van der Waals surface area contributed by atoms with E-state index in [4.69, 9.17) is 0 Å². The summed E-state index contributed by atoms with van der Waals surface area (Å²) in [7, 11) is 0. The van der Waals surface area contributed by atoms with Gasteiger partial charge in [-0.3, -0.25) is 9.78 Å². The maximum atomic E-state index is 12.1. The lowest BCUT2D eigenvalue weighted by molar-refractivity contribution is -0.116. The number of rotatable bonds is 1. The fraction of sp³-hybridized carbons (Fsp3) is 0.412. The molecule has 1 aliphatic carbocycles. The second kappa shape index (κ2) is 4.95. The van der Waals surface area contributed by atoms with Gasteiger partial charge in [0.25, 0.3) is 0 Å². The van der Waals surface area contributed by atoms with Crippen molar-refractivity contribution in [1.82, 2.24) is 4.98 Å². The number of nitrogens with zero attached hydrogens (tertiary/aromatic N) is 1. The lowest BCUT2D eigenvalue weighted by Gasteiger charge is -2.26. The molecule has 2 aromatic heterocycles. The quantitative estimate of drug-likeness (QED) is 0.871. The summed E-state index contributed by atoms with van der Waals surface area (Å²) in [5, 5.41) is 4.17. The van der Waals surface area contributed by atoms with Gasteiger partial charge in [-0.1, -0.05) is 13.0 Å². The average molecular weight is 298 g/mol. The Balaban J connectivity index is 1.84. The Morgan fingerprint density at radius 1 is 1.38 bits per heavy atom. The minimum absolute atomic E-state index is 0.128. The molecule has 0 aromatic carbocycles. The first-order valence-electron chi connectivity index (χ1n) is 7.56. The van der Waals surface area contributed by atoms with Gasteiger partial charge in [0.1, 0.15) is 0 Å². The number of pyridine rings is 1. The van der Waals surface area contributed by atoms with E-state index in [0.29, 0.717) is 6.42 Å². The highest BCUT2D eigenvalue weighted by Crippen LogP contribution is 2.48. The van der Waals surface area contributed by atoms with Gasteiger partial charge < -0.3 is 5.32 Å². The van der Waals surface area contributed by atoms with Crippen molar-refractivity contribution in [3.63, 3.8) is 0 Å². The predicted molar refractivity (Wildman–Crippen MR) is 84.8 cm³/mol. The third kappa shape index (κ3) is 2.18. The van der Waals surface area contributed by atoms with Crippen molar-refractivity contribution in [3.05, 3.63) is 46.1 Å². The van der Waals surface area contributed by atoms with E-state index < -0.39 is 0 Å². The first-order chi connectivity index (χ1) is 10.2. The summed E-state index contributed by atoms with van der Waals surface area (Å²) in [6, 6.07) is 4.05. The van der Waals surface area contributed by atoms with E-state index in [-0.39, 0.29) is 11.8 Å². The summed E-state index contributed by atoms with van der Waals surface area (Å²) in [5.41, 5.74) is 4.03. The number of carbonyl (C=O) groups excluding carboxylic acids is 1. The Bertz CT molecular complexity index is 692. The van der Waals surface area contributed by atoms with Crippen molar-refractivity contribution in [2.24, 2.45) is 5.92 Å². The SMILES string of the molecule is C[C@@H]1CCc2c(sc3c2[C@@H](c2cccnc2)CC(=O)N3)C1. The Morgan fingerprint density at radius 3 is 3.10 bits per heavy atom. The summed E-state index contributed by atoms with van der Waals surface area (Å²) in [6.07, 6.45) is 7.79. The summed E-state index contributed by atoms with van der Waals surface area (Å²) in [4.78, 5) is 17.8. The normalized spacial score (nSPS) is 24.1. The second-order valence-electron chi connectivity index (χ2n) is 6.19. The number of anilines is 1. The summed E-state index contributed by atoms with van der Waals surface area (Å²) >= 11 is 1.79. The van der Waals surface area contributed by atoms with Crippen LogP contribution in [0.4, 0.5) is 5.00 Å². The van der Waals surface area contributed by atoms with Crippen LogP contribution < -0.4 is 5.32 Å². The maximum Gasteiger partial charge on any atom is 0.225 e. The van der Waals surface area contributed by atoms with Gasteiger partial charge in [-0.25, -0.2) is 0 Å². The molecule has 1 N–H and O–H groups in total. The standard InChI is InChI=1S/C17H18N2OS/c1-10-4-5-12-14(7-10)21-17-16(12)13(8-15(20)19-17)11-3-2-6-18-9-11/h2-3,6,9-10,13H,4-5,7-8H2,1H3,(H,19,20)/t10-,13-/m1/s1. The fourth-order valence-electron chi connectivity index (χ4n) is 3.57. The van der Waals surface area contributed by atoms with Gasteiger partial charge in [0.05, 0.1) is 5.00 Å². The van der Waals surface area contributed by atoms with Crippen molar-refractivity contribution in [2.75, 3.05) is 5.32 Å². The molecule has 1 aliphatic heterocycles. The molecule has 2 aliphatic rings. The third-order valence-corrected chi connectivity index (χ3v) is 5.82. The number of fused-ring (bicyclic) bond motifs is 3. The molecule has 2 aromatic rings. The highest BCUT2D eigenvalue weighted by Gasteiger charge is 2.34. The van der Waals surface area contributed by atoms with E-state index >= 15 is 0 Å². The van der Waals surface area contributed by atoms with E-state index in [0.717, 1.165) is 29.3 Å². The number of thiophene rings is 1. The van der Waals surface area contributed by atoms with Crippen LogP contribution in [0.2, 0.25) is 0 Å². The molecular formula is C17H18N2OS. The van der Waals surface area contributed by atoms with Gasteiger partial charge in [-0.05, 0) is 47.9 Å². The highest BCUT2D eigenvalue weighted by atomic mass is 32.1. The smallest absolute Gasteiger partial charge is 0.225 e. The number of nitrogens with one attached hydrogen (secondary N) is 1. The van der Waals surface area contributed by atoms with Crippen molar-refractivity contribution >= 4 is 22.2 Å². The molecule has 0 fully saturated rings. The topological polar surface area (TPSA) is 42.0 Å². The molecule has 0 spiro atoms. The largest absolute Gasteiger partial charge is 0.317 e. The Hall–Kier alpha value is -1.68. The summed E-state index contributed by atoms with van der Waals surface area (Å²) in [5.74, 6) is 1.06. The molecule has 4 rings (SSSR count). The Labute approximate surface area is 128 Å². The van der Waals surface area contributed by atoms with Gasteiger partial charge in [-0.15, -0.1) is 11.3 Å². The molecule has 2 atom stereocenters. The van der Waals surface area contributed by atoms with Crippen LogP contribution in [0.3, 0.4) is 0 Å². The minimum Gasteiger partial charge on any atom is -0.317 e. The summed E-state index contributed by atoms with van der Waals surface area (Å²) < 4.78 is 0. The fourth-order valence-corrected chi connectivity index (χ4v) is 5.06. The Morgan fingerprint density at radius 2 is 2.29 bits per heavy atom. The maximum absolute atomic E-state index is 12.1. The van der Waals surface area contributed by atoms with E-state index in [1.807, 2.05) is 12.3 Å².